The monoisotopic (exact) mass is 229 g/mol. The number of carboxylic acid groups (broad SMARTS) is 1. The van der Waals surface area contributed by atoms with Crippen molar-refractivity contribution in [1.29, 1.82) is 0 Å². The van der Waals surface area contributed by atoms with Gasteiger partial charge in [0.05, 0.1) is 5.92 Å². The van der Waals surface area contributed by atoms with Crippen LogP contribution in [0.3, 0.4) is 0 Å². The van der Waals surface area contributed by atoms with Crippen LogP contribution in [0.15, 0.2) is 0 Å². The van der Waals surface area contributed by atoms with Crippen LogP contribution in [-0.4, -0.2) is 23.5 Å². The van der Waals surface area contributed by atoms with E-state index in [4.69, 9.17) is 5.11 Å². The lowest BCUT2D eigenvalue weighted by Gasteiger charge is -2.15. The lowest BCUT2D eigenvalue weighted by atomic mass is 9.91. The molecule has 0 fully saturated rings. The Morgan fingerprint density at radius 2 is 1.88 bits per heavy atom. The molecule has 0 aromatic heterocycles. The molecule has 0 aliphatic carbocycles. The van der Waals surface area contributed by atoms with E-state index >= 15 is 0 Å². The fourth-order valence-electron chi connectivity index (χ4n) is 1.58. The van der Waals surface area contributed by atoms with Crippen LogP contribution < -0.4 is 5.32 Å². The number of carbonyl (C=O) groups excluding carboxylic acids is 1. The van der Waals surface area contributed by atoms with Crippen molar-refractivity contribution in [2.24, 2.45) is 11.8 Å². The number of aliphatic carboxylic acids is 1. The highest BCUT2D eigenvalue weighted by Gasteiger charge is 2.20. The van der Waals surface area contributed by atoms with E-state index in [-0.39, 0.29) is 17.7 Å². The summed E-state index contributed by atoms with van der Waals surface area (Å²) >= 11 is 0. The minimum atomic E-state index is -0.715. The van der Waals surface area contributed by atoms with E-state index in [1.165, 1.54) is 0 Å². The average molecular weight is 229 g/mol. The molecule has 1 amide bonds. The molecule has 1 atom stereocenters. The number of carboxylic acids is 1. The molecule has 0 aromatic rings. The Morgan fingerprint density at radius 1 is 1.25 bits per heavy atom. The Bertz CT molecular complexity index is 226. The maximum Gasteiger partial charge on any atom is 0.306 e. The highest BCUT2D eigenvalue weighted by molar-refractivity contribution is 5.75. The smallest absolute Gasteiger partial charge is 0.306 e. The van der Waals surface area contributed by atoms with Gasteiger partial charge < -0.3 is 10.4 Å². The standard InChI is InChI=1S/C12H23NO3/c1-4-11(14)13-8-6-5-7-10(9(2)3)12(15)16/h9-10H,4-8H2,1-3H3,(H,13,14)(H,15,16). The van der Waals surface area contributed by atoms with Gasteiger partial charge in [0.1, 0.15) is 0 Å². The Balaban J connectivity index is 3.63. The van der Waals surface area contributed by atoms with Gasteiger partial charge in [0, 0.05) is 13.0 Å². The first-order valence-electron chi connectivity index (χ1n) is 5.98. The number of hydrogen-bond acceptors (Lipinski definition) is 2. The molecule has 0 aliphatic heterocycles. The van der Waals surface area contributed by atoms with Crippen LogP contribution >= 0.6 is 0 Å². The molecule has 4 heteroatoms. The van der Waals surface area contributed by atoms with Gasteiger partial charge in [-0.15, -0.1) is 0 Å². The molecule has 0 aromatic carbocycles. The van der Waals surface area contributed by atoms with Gasteiger partial charge in [-0.25, -0.2) is 0 Å². The van der Waals surface area contributed by atoms with Crippen LogP contribution in [0.5, 0.6) is 0 Å². The van der Waals surface area contributed by atoms with E-state index in [0.717, 1.165) is 12.8 Å². The molecule has 0 saturated carbocycles. The second kappa shape index (κ2) is 8.13. The van der Waals surface area contributed by atoms with Crippen LogP contribution in [0, 0.1) is 11.8 Å². The van der Waals surface area contributed by atoms with Crippen LogP contribution in [0.25, 0.3) is 0 Å². The van der Waals surface area contributed by atoms with Crippen molar-refractivity contribution < 1.29 is 14.7 Å². The molecular formula is C12H23NO3. The number of carbonyl (C=O) groups is 2. The summed E-state index contributed by atoms with van der Waals surface area (Å²) < 4.78 is 0. The molecule has 0 saturated heterocycles. The molecule has 0 rings (SSSR count). The molecule has 0 radical (unpaired) electrons. The van der Waals surface area contributed by atoms with Crippen LogP contribution in [0.4, 0.5) is 0 Å². The van der Waals surface area contributed by atoms with Gasteiger partial charge in [-0.05, 0) is 18.8 Å². The first-order chi connectivity index (χ1) is 7.49. The number of nitrogens with one attached hydrogen (secondary N) is 1. The topological polar surface area (TPSA) is 66.4 Å². The molecule has 16 heavy (non-hydrogen) atoms. The zero-order valence-electron chi connectivity index (χ0n) is 10.5. The second-order valence-electron chi connectivity index (χ2n) is 4.39. The molecule has 0 aliphatic rings. The summed E-state index contributed by atoms with van der Waals surface area (Å²) in [4.78, 5) is 21.8. The largest absolute Gasteiger partial charge is 0.481 e. The zero-order valence-corrected chi connectivity index (χ0v) is 10.5. The normalized spacial score (nSPS) is 12.5. The van der Waals surface area contributed by atoms with E-state index in [0.29, 0.717) is 19.4 Å². The van der Waals surface area contributed by atoms with Gasteiger partial charge in [0.15, 0.2) is 0 Å². The molecule has 0 heterocycles. The maximum atomic E-state index is 10.9. The third-order valence-corrected chi connectivity index (χ3v) is 2.71. The van der Waals surface area contributed by atoms with Crippen molar-refractivity contribution in [1.82, 2.24) is 5.32 Å². The number of unbranched alkanes of at least 4 members (excludes halogenated alkanes) is 1. The molecule has 0 bridgehead atoms. The Hall–Kier alpha value is -1.06. The van der Waals surface area contributed by atoms with Crippen LogP contribution in [-0.2, 0) is 9.59 Å². The average Bonchev–Trinajstić information content (AvgIpc) is 2.21. The first kappa shape index (κ1) is 14.9. The van der Waals surface area contributed by atoms with Crippen molar-refractivity contribution in [2.75, 3.05) is 6.54 Å². The molecule has 2 N–H and O–H groups in total. The van der Waals surface area contributed by atoms with Gasteiger partial charge in [0.2, 0.25) is 5.91 Å². The van der Waals surface area contributed by atoms with Crippen LogP contribution in [0.2, 0.25) is 0 Å². The van der Waals surface area contributed by atoms with Crippen molar-refractivity contribution in [3.8, 4) is 0 Å². The number of amides is 1. The fourth-order valence-corrected chi connectivity index (χ4v) is 1.58. The Morgan fingerprint density at radius 3 is 2.31 bits per heavy atom. The molecule has 4 nitrogen and oxygen atoms in total. The minimum absolute atomic E-state index is 0.0543. The molecule has 94 valence electrons. The van der Waals surface area contributed by atoms with E-state index < -0.39 is 5.97 Å². The quantitative estimate of drug-likeness (QED) is 0.626. The highest BCUT2D eigenvalue weighted by atomic mass is 16.4. The summed E-state index contributed by atoms with van der Waals surface area (Å²) in [5.41, 5.74) is 0. The predicted molar refractivity (Wildman–Crippen MR) is 63.1 cm³/mol. The molecular weight excluding hydrogens is 206 g/mol. The lowest BCUT2D eigenvalue weighted by Crippen LogP contribution is -2.24. The van der Waals surface area contributed by atoms with Crippen molar-refractivity contribution in [3.05, 3.63) is 0 Å². The number of hydrogen-bond donors (Lipinski definition) is 2. The number of rotatable bonds is 8. The lowest BCUT2D eigenvalue weighted by molar-refractivity contribution is -0.143. The van der Waals surface area contributed by atoms with Crippen LogP contribution in [0.1, 0.15) is 46.5 Å². The van der Waals surface area contributed by atoms with E-state index in [9.17, 15) is 9.59 Å². The van der Waals surface area contributed by atoms with E-state index in [2.05, 4.69) is 5.32 Å². The SMILES string of the molecule is CCC(=O)NCCCCC(C(=O)O)C(C)C. The molecule has 0 spiro atoms. The van der Waals surface area contributed by atoms with E-state index in [1.807, 2.05) is 20.8 Å². The zero-order chi connectivity index (χ0) is 12.6. The van der Waals surface area contributed by atoms with Gasteiger partial charge in [-0.1, -0.05) is 27.2 Å². The summed E-state index contributed by atoms with van der Waals surface area (Å²) in [5, 5.41) is 11.7. The first-order valence-corrected chi connectivity index (χ1v) is 5.98. The second-order valence-corrected chi connectivity index (χ2v) is 4.39. The highest BCUT2D eigenvalue weighted by Crippen LogP contribution is 2.18. The molecule has 1 unspecified atom stereocenters. The van der Waals surface area contributed by atoms with Gasteiger partial charge in [-0.2, -0.15) is 0 Å². The van der Waals surface area contributed by atoms with Gasteiger partial charge in [0.25, 0.3) is 0 Å². The van der Waals surface area contributed by atoms with E-state index in [1.54, 1.807) is 0 Å². The summed E-state index contributed by atoms with van der Waals surface area (Å²) in [7, 11) is 0. The van der Waals surface area contributed by atoms with Crippen molar-refractivity contribution in [3.63, 3.8) is 0 Å². The third kappa shape index (κ3) is 6.43. The summed E-state index contributed by atoms with van der Waals surface area (Å²) in [5.74, 6) is -0.754. The predicted octanol–water partition coefficient (Wildman–Crippen LogP) is 2.04. The fraction of sp³-hybridized carbons (Fsp3) is 0.833. The van der Waals surface area contributed by atoms with Gasteiger partial charge >= 0.3 is 5.97 Å². The Labute approximate surface area is 97.4 Å². The van der Waals surface area contributed by atoms with Crippen molar-refractivity contribution >= 4 is 11.9 Å². The summed E-state index contributed by atoms with van der Waals surface area (Å²) in [6.45, 7) is 6.32. The minimum Gasteiger partial charge on any atom is -0.481 e. The summed E-state index contributed by atoms with van der Waals surface area (Å²) in [6.07, 6.45) is 2.89. The summed E-state index contributed by atoms with van der Waals surface area (Å²) in [6, 6.07) is 0. The maximum absolute atomic E-state index is 10.9. The van der Waals surface area contributed by atoms with Gasteiger partial charge in [-0.3, -0.25) is 9.59 Å². The third-order valence-electron chi connectivity index (χ3n) is 2.71. The van der Waals surface area contributed by atoms with Crippen molar-refractivity contribution in [2.45, 2.75) is 46.5 Å². The Kier molecular flexibility index (Phi) is 7.60.